The summed E-state index contributed by atoms with van der Waals surface area (Å²) in [4.78, 5) is 44.9. The number of rotatable bonds is 4. The molecule has 2 saturated heterocycles. The first-order valence-corrected chi connectivity index (χ1v) is 10.7. The molecule has 2 atom stereocenters. The first-order valence-electron chi connectivity index (χ1n) is 10.7. The first kappa shape index (κ1) is 19.9. The molecule has 2 aliphatic heterocycles. The molecule has 29 heavy (non-hydrogen) atoms. The molecule has 1 aromatic rings. The second-order valence-electron chi connectivity index (χ2n) is 8.61. The summed E-state index contributed by atoms with van der Waals surface area (Å²) in [6.45, 7) is 7.51. The number of urea groups is 1. The Kier molecular flexibility index (Phi) is 5.58. The van der Waals surface area contributed by atoms with Crippen LogP contribution in [0.15, 0.2) is 24.3 Å². The van der Waals surface area contributed by atoms with Gasteiger partial charge >= 0.3 is 17.8 Å². The molecule has 2 heterocycles. The average molecular weight is 399 g/mol. The topological polar surface area (TPSA) is 64.2 Å². The van der Waals surface area contributed by atoms with Gasteiger partial charge < -0.3 is 4.90 Å². The predicted molar refractivity (Wildman–Crippen MR) is 110 cm³/mol. The molecule has 1 aliphatic carbocycles. The van der Waals surface area contributed by atoms with Crippen LogP contribution in [0.25, 0.3) is 0 Å². The Labute approximate surface area is 172 Å². The number of carbonyl (C=O) groups is 3. The molecule has 0 N–H and O–H groups in total. The van der Waals surface area contributed by atoms with Crippen LogP contribution in [0.1, 0.15) is 38.2 Å². The van der Waals surface area contributed by atoms with E-state index in [4.69, 9.17) is 0 Å². The largest absolute Gasteiger partial charge is 0.369 e. The molecule has 7 nitrogen and oxygen atoms in total. The minimum absolute atomic E-state index is 0.143. The van der Waals surface area contributed by atoms with Crippen molar-refractivity contribution in [2.75, 3.05) is 37.7 Å². The zero-order valence-corrected chi connectivity index (χ0v) is 17.3. The lowest BCUT2D eigenvalue weighted by Crippen LogP contribution is -2.52. The SMILES string of the molecule is Cc1cccc(N2CCN(CN3C(=O)C(=O)N(C4CCCCC4C)C3=O)CC2)c1. The van der Waals surface area contributed by atoms with E-state index in [-0.39, 0.29) is 18.6 Å². The Morgan fingerprint density at radius 2 is 1.69 bits per heavy atom. The van der Waals surface area contributed by atoms with Crippen molar-refractivity contribution in [3.63, 3.8) is 0 Å². The fraction of sp³-hybridized carbons (Fsp3) is 0.591. The van der Waals surface area contributed by atoms with Crippen LogP contribution in [0.2, 0.25) is 0 Å². The van der Waals surface area contributed by atoms with Crippen LogP contribution in [0.3, 0.4) is 0 Å². The maximum absolute atomic E-state index is 12.9. The van der Waals surface area contributed by atoms with E-state index in [9.17, 15) is 14.4 Å². The normalized spacial score (nSPS) is 26.6. The van der Waals surface area contributed by atoms with Gasteiger partial charge in [-0.25, -0.2) is 9.69 Å². The molecule has 156 valence electrons. The summed E-state index contributed by atoms with van der Waals surface area (Å²) in [5, 5.41) is 0. The third kappa shape index (κ3) is 3.88. The van der Waals surface area contributed by atoms with Gasteiger partial charge in [-0.1, -0.05) is 31.9 Å². The Hall–Kier alpha value is -2.41. The fourth-order valence-corrected chi connectivity index (χ4v) is 4.79. The van der Waals surface area contributed by atoms with Gasteiger partial charge in [-0.05, 0) is 43.4 Å². The van der Waals surface area contributed by atoms with Crippen molar-refractivity contribution >= 4 is 23.5 Å². The van der Waals surface area contributed by atoms with Crippen molar-refractivity contribution < 1.29 is 14.4 Å². The molecule has 0 aromatic heterocycles. The van der Waals surface area contributed by atoms with Gasteiger partial charge in [-0.3, -0.25) is 19.4 Å². The average Bonchev–Trinajstić information content (AvgIpc) is 2.92. The summed E-state index contributed by atoms with van der Waals surface area (Å²) >= 11 is 0. The summed E-state index contributed by atoms with van der Waals surface area (Å²) in [5.41, 5.74) is 2.43. The molecular formula is C22H30N4O3. The van der Waals surface area contributed by atoms with Crippen molar-refractivity contribution in [3.05, 3.63) is 29.8 Å². The number of carbonyl (C=O) groups excluding carboxylic acids is 3. The zero-order valence-electron chi connectivity index (χ0n) is 17.3. The summed E-state index contributed by atoms with van der Waals surface area (Å²) < 4.78 is 0. The zero-order chi connectivity index (χ0) is 20.5. The summed E-state index contributed by atoms with van der Waals surface area (Å²) in [5.74, 6) is -1.07. The number of nitrogens with zero attached hydrogens (tertiary/aromatic N) is 4. The molecular weight excluding hydrogens is 368 g/mol. The monoisotopic (exact) mass is 398 g/mol. The number of benzene rings is 1. The quantitative estimate of drug-likeness (QED) is 0.576. The summed E-state index contributed by atoms with van der Waals surface area (Å²) in [6.07, 6.45) is 3.92. The summed E-state index contributed by atoms with van der Waals surface area (Å²) in [7, 11) is 0. The van der Waals surface area contributed by atoms with Crippen LogP contribution in [-0.4, -0.2) is 71.4 Å². The highest BCUT2D eigenvalue weighted by atomic mass is 16.2. The van der Waals surface area contributed by atoms with Crippen LogP contribution in [-0.2, 0) is 9.59 Å². The Morgan fingerprint density at radius 1 is 0.966 bits per heavy atom. The highest BCUT2D eigenvalue weighted by Crippen LogP contribution is 2.31. The predicted octanol–water partition coefficient (Wildman–Crippen LogP) is 2.44. The number of hydrogen-bond donors (Lipinski definition) is 0. The van der Waals surface area contributed by atoms with Crippen molar-refractivity contribution in [2.45, 2.75) is 45.6 Å². The molecule has 1 saturated carbocycles. The molecule has 3 aliphatic rings. The Balaban J connectivity index is 1.38. The molecule has 1 aromatic carbocycles. The van der Waals surface area contributed by atoms with Crippen molar-refractivity contribution in [1.29, 1.82) is 0 Å². The minimum atomic E-state index is -0.672. The Bertz CT molecular complexity index is 803. The lowest BCUT2D eigenvalue weighted by molar-refractivity contribution is -0.145. The van der Waals surface area contributed by atoms with E-state index in [0.717, 1.165) is 56.8 Å². The molecule has 0 bridgehead atoms. The number of anilines is 1. The number of imide groups is 2. The van der Waals surface area contributed by atoms with E-state index in [1.807, 2.05) is 0 Å². The lowest BCUT2D eigenvalue weighted by atomic mass is 9.85. The van der Waals surface area contributed by atoms with Gasteiger partial charge in [0.15, 0.2) is 0 Å². The third-order valence-corrected chi connectivity index (χ3v) is 6.56. The van der Waals surface area contributed by atoms with E-state index in [0.29, 0.717) is 0 Å². The van der Waals surface area contributed by atoms with Gasteiger partial charge in [0.2, 0.25) is 0 Å². The third-order valence-electron chi connectivity index (χ3n) is 6.56. The molecule has 2 unspecified atom stereocenters. The van der Waals surface area contributed by atoms with Gasteiger partial charge in [0.1, 0.15) is 0 Å². The molecule has 4 rings (SSSR count). The van der Waals surface area contributed by atoms with E-state index in [1.165, 1.54) is 16.2 Å². The van der Waals surface area contributed by atoms with Crippen molar-refractivity contribution in [1.82, 2.24) is 14.7 Å². The number of aryl methyl sites for hydroxylation is 1. The molecule has 4 amide bonds. The van der Waals surface area contributed by atoms with Crippen LogP contribution >= 0.6 is 0 Å². The van der Waals surface area contributed by atoms with Gasteiger partial charge in [-0.15, -0.1) is 0 Å². The first-order chi connectivity index (χ1) is 14.0. The fourth-order valence-electron chi connectivity index (χ4n) is 4.79. The van der Waals surface area contributed by atoms with E-state index in [1.54, 1.807) is 0 Å². The highest BCUT2D eigenvalue weighted by Gasteiger charge is 2.49. The van der Waals surface area contributed by atoms with Crippen molar-refractivity contribution in [2.24, 2.45) is 5.92 Å². The second kappa shape index (κ2) is 8.14. The van der Waals surface area contributed by atoms with Crippen LogP contribution in [0.5, 0.6) is 0 Å². The van der Waals surface area contributed by atoms with E-state index in [2.05, 4.69) is 47.9 Å². The standard InChI is InChI=1S/C22H30N4O3/c1-16-6-5-8-18(14-16)24-12-10-23(11-13-24)15-25-20(27)21(28)26(22(25)29)19-9-4-3-7-17(19)2/h5-6,8,14,17,19H,3-4,7,9-13,15H2,1-2H3. The molecule has 0 radical (unpaired) electrons. The van der Waals surface area contributed by atoms with Crippen LogP contribution in [0, 0.1) is 12.8 Å². The molecule has 0 spiro atoms. The lowest BCUT2D eigenvalue weighted by Gasteiger charge is -2.37. The Morgan fingerprint density at radius 3 is 2.38 bits per heavy atom. The summed E-state index contributed by atoms with van der Waals surface area (Å²) in [6, 6.07) is 7.85. The highest BCUT2D eigenvalue weighted by molar-refractivity contribution is 6.44. The van der Waals surface area contributed by atoms with Crippen LogP contribution in [0.4, 0.5) is 10.5 Å². The van der Waals surface area contributed by atoms with Crippen LogP contribution < -0.4 is 4.90 Å². The molecule has 7 heteroatoms. The maximum Gasteiger partial charge on any atom is 0.335 e. The van der Waals surface area contributed by atoms with Gasteiger partial charge in [0, 0.05) is 37.9 Å². The van der Waals surface area contributed by atoms with Gasteiger partial charge in [-0.2, -0.15) is 0 Å². The van der Waals surface area contributed by atoms with E-state index < -0.39 is 17.8 Å². The van der Waals surface area contributed by atoms with E-state index >= 15 is 0 Å². The number of hydrogen-bond acceptors (Lipinski definition) is 5. The number of piperazine rings is 1. The van der Waals surface area contributed by atoms with Gasteiger partial charge in [0.25, 0.3) is 0 Å². The second-order valence-corrected chi connectivity index (χ2v) is 8.61. The smallest absolute Gasteiger partial charge is 0.335 e. The van der Waals surface area contributed by atoms with Crippen molar-refractivity contribution in [3.8, 4) is 0 Å². The minimum Gasteiger partial charge on any atom is -0.369 e. The number of amides is 4. The molecule has 3 fully saturated rings. The maximum atomic E-state index is 12.9. The van der Waals surface area contributed by atoms with Gasteiger partial charge in [0.05, 0.1) is 6.67 Å².